The molecule has 14 heavy (non-hydrogen) atoms. The predicted molar refractivity (Wildman–Crippen MR) is 53.4 cm³/mol. The van der Waals surface area contributed by atoms with E-state index in [1.54, 1.807) is 0 Å². The van der Waals surface area contributed by atoms with E-state index in [1.165, 1.54) is 5.92 Å². The Labute approximate surface area is 83.9 Å². The summed E-state index contributed by atoms with van der Waals surface area (Å²) in [6.45, 7) is 2.50. The fraction of sp³-hybridized carbons (Fsp3) is 0.333. The van der Waals surface area contributed by atoms with Crippen molar-refractivity contribution in [3.05, 3.63) is 41.8 Å². The summed E-state index contributed by atoms with van der Waals surface area (Å²) in [5.74, 6) is 1.30. The Hall–Kier alpha value is -1.31. The fourth-order valence-corrected chi connectivity index (χ4v) is 1.75. The maximum Gasteiger partial charge on any atom is 0.293 e. The highest BCUT2D eigenvalue weighted by Crippen LogP contribution is 2.49. The van der Waals surface area contributed by atoms with E-state index in [2.05, 4.69) is 0 Å². The van der Waals surface area contributed by atoms with Crippen LogP contribution in [0.1, 0.15) is 25.3 Å². The number of rotatable bonds is 4. The van der Waals surface area contributed by atoms with Crippen LogP contribution in [0.4, 0.5) is 0 Å². The van der Waals surface area contributed by atoms with Crippen LogP contribution in [0, 0.1) is 5.92 Å². The SMILES string of the molecule is CC(OC=O)([C]1CC1)c1ccccc1. The minimum Gasteiger partial charge on any atom is -0.456 e. The summed E-state index contributed by atoms with van der Waals surface area (Å²) in [6.07, 6.45) is 2.14. The molecule has 0 amide bonds. The molecule has 1 aliphatic rings. The molecule has 73 valence electrons. The van der Waals surface area contributed by atoms with Crippen molar-refractivity contribution < 1.29 is 9.53 Å². The molecule has 1 aromatic carbocycles. The summed E-state index contributed by atoms with van der Waals surface area (Å²) in [5.41, 5.74) is 0.558. The van der Waals surface area contributed by atoms with Crippen molar-refractivity contribution in [2.24, 2.45) is 0 Å². The highest BCUT2D eigenvalue weighted by Gasteiger charge is 2.45. The van der Waals surface area contributed by atoms with Crippen LogP contribution in [-0.2, 0) is 15.1 Å². The van der Waals surface area contributed by atoms with Gasteiger partial charge < -0.3 is 4.74 Å². The Bertz CT molecular complexity index is 316. The number of benzene rings is 1. The van der Waals surface area contributed by atoms with Crippen LogP contribution in [0.3, 0.4) is 0 Å². The van der Waals surface area contributed by atoms with Gasteiger partial charge in [-0.2, -0.15) is 0 Å². The zero-order valence-electron chi connectivity index (χ0n) is 8.19. The van der Waals surface area contributed by atoms with Crippen LogP contribution in [0.25, 0.3) is 0 Å². The average Bonchev–Trinajstić information content (AvgIpc) is 3.03. The Balaban J connectivity index is 2.30. The third kappa shape index (κ3) is 1.52. The van der Waals surface area contributed by atoms with Crippen LogP contribution in [0.2, 0.25) is 0 Å². The number of carbonyl (C=O) groups is 1. The van der Waals surface area contributed by atoms with Crippen molar-refractivity contribution in [1.82, 2.24) is 0 Å². The smallest absolute Gasteiger partial charge is 0.293 e. The van der Waals surface area contributed by atoms with Gasteiger partial charge in [0.05, 0.1) is 0 Å². The molecule has 2 heteroatoms. The van der Waals surface area contributed by atoms with E-state index in [-0.39, 0.29) is 0 Å². The molecule has 1 atom stereocenters. The van der Waals surface area contributed by atoms with Gasteiger partial charge in [-0.25, -0.2) is 0 Å². The fourth-order valence-electron chi connectivity index (χ4n) is 1.75. The summed E-state index contributed by atoms with van der Waals surface area (Å²) in [4.78, 5) is 10.5. The number of carbonyl (C=O) groups excluding carboxylic acids is 1. The van der Waals surface area contributed by atoms with Gasteiger partial charge in [0.1, 0.15) is 5.60 Å². The largest absolute Gasteiger partial charge is 0.456 e. The third-order valence-corrected chi connectivity index (χ3v) is 2.78. The second kappa shape index (κ2) is 3.45. The Morgan fingerprint density at radius 2 is 1.93 bits per heavy atom. The van der Waals surface area contributed by atoms with E-state index in [4.69, 9.17) is 4.74 Å². The normalized spacial score (nSPS) is 19.8. The lowest BCUT2D eigenvalue weighted by Crippen LogP contribution is -2.26. The maximum absolute atomic E-state index is 10.5. The molecule has 0 bridgehead atoms. The Kier molecular flexibility index (Phi) is 2.28. The van der Waals surface area contributed by atoms with Gasteiger partial charge in [0.2, 0.25) is 0 Å². The lowest BCUT2D eigenvalue weighted by molar-refractivity contribution is -0.140. The van der Waals surface area contributed by atoms with E-state index in [1.807, 2.05) is 37.3 Å². The first-order chi connectivity index (χ1) is 6.77. The van der Waals surface area contributed by atoms with Crippen LogP contribution in [0.5, 0.6) is 0 Å². The van der Waals surface area contributed by atoms with Crippen molar-refractivity contribution in [3.63, 3.8) is 0 Å². The lowest BCUT2D eigenvalue weighted by atomic mass is 9.91. The summed E-state index contributed by atoms with van der Waals surface area (Å²) >= 11 is 0. The van der Waals surface area contributed by atoms with E-state index >= 15 is 0 Å². The van der Waals surface area contributed by atoms with Crippen molar-refractivity contribution in [1.29, 1.82) is 0 Å². The highest BCUT2D eigenvalue weighted by molar-refractivity contribution is 5.44. The van der Waals surface area contributed by atoms with Crippen molar-refractivity contribution in [3.8, 4) is 0 Å². The maximum atomic E-state index is 10.5. The van der Waals surface area contributed by atoms with Crippen LogP contribution >= 0.6 is 0 Å². The summed E-state index contributed by atoms with van der Waals surface area (Å²) in [5, 5.41) is 0. The van der Waals surface area contributed by atoms with E-state index in [0.717, 1.165) is 18.4 Å². The standard InChI is InChI=1S/C12H13O2/c1-12(14-9-13,11-7-8-11)10-5-3-2-4-6-10/h2-6,9H,7-8H2,1H3. The van der Waals surface area contributed by atoms with Gasteiger partial charge in [0.25, 0.3) is 6.47 Å². The Morgan fingerprint density at radius 3 is 2.43 bits per heavy atom. The van der Waals surface area contributed by atoms with Gasteiger partial charge in [-0.3, -0.25) is 4.79 Å². The monoisotopic (exact) mass is 189 g/mol. The molecule has 1 unspecified atom stereocenters. The topological polar surface area (TPSA) is 26.3 Å². The molecule has 0 spiro atoms. The molecule has 1 radical (unpaired) electrons. The molecule has 1 saturated carbocycles. The molecule has 0 heterocycles. The van der Waals surface area contributed by atoms with Crippen LogP contribution in [-0.4, -0.2) is 6.47 Å². The van der Waals surface area contributed by atoms with E-state index in [9.17, 15) is 4.79 Å². The molecular formula is C12H13O2. The molecule has 0 aliphatic heterocycles. The molecule has 1 aromatic rings. The number of hydrogen-bond acceptors (Lipinski definition) is 2. The van der Waals surface area contributed by atoms with Gasteiger partial charge in [-0.1, -0.05) is 30.3 Å². The van der Waals surface area contributed by atoms with Crippen molar-refractivity contribution in [2.75, 3.05) is 0 Å². The predicted octanol–water partition coefficient (Wildman–Crippen LogP) is 2.44. The zero-order valence-corrected chi connectivity index (χ0v) is 8.19. The lowest BCUT2D eigenvalue weighted by Gasteiger charge is -2.27. The summed E-state index contributed by atoms with van der Waals surface area (Å²) in [6, 6.07) is 9.88. The van der Waals surface area contributed by atoms with Gasteiger partial charge >= 0.3 is 0 Å². The zero-order chi connectivity index (χ0) is 10.0. The molecule has 2 rings (SSSR count). The summed E-state index contributed by atoms with van der Waals surface area (Å²) < 4.78 is 5.22. The average molecular weight is 189 g/mol. The molecule has 0 saturated heterocycles. The second-order valence-corrected chi connectivity index (χ2v) is 3.72. The van der Waals surface area contributed by atoms with Crippen molar-refractivity contribution >= 4 is 6.47 Å². The van der Waals surface area contributed by atoms with E-state index < -0.39 is 5.60 Å². The minimum atomic E-state index is -0.497. The van der Waals surface area contributed by atoms with Crippen LogP contribution in [0.15, 0.2) is 30.3 Å². The molecule has 0 aromatic heterocycles. The first-order valence-corrected chi connectivity index (χ1v) is 4.79. The summed E-state index contributed by atoms with van der Waals surface area (Å²) in [7, 11) is 0. The molecule has 0 N–H and O–H groups in total. The van der Waals surface area contributed by atoms with Crippen molar-refractivity contribution in [2.45, 2.75) is 25.4 Å². The van der Waals surface area contributed by atoms with Gasteiger partial charge in [0.15, 0.2) is 0 Å². The van der Waals surface area contributed by atoms with Gasteiger partial charge in [-0.05, 0) is 25.3 Å². The Morgan fingerprint density at radius 1 is 1.29 bits per heavy atom. The third-order valence-electron chi connectivity index (χ3n) is 2.78. The molecule has 1 aliphatic carbocycles. The van der Waals surface area contributed by atoms with E-state index in [0.29, 0.717) is 6.47 Å². The molecule has 2 nitrogen and oxygen atoms in total. The van der Waals surface area contributed by atoms with Gasteiger partial charge in [0, 0.05) is 5.92 Å². The molecule has 1 fully saturated rings. The van der Waals surface area contributed by atoms with Crippen LogP contribution < -0.4 is 0 Å². The number of ether oxygens (including phenoxy) is 1. The van der Waals surface area contributed by atoms with Gasteiger partial charge in [-0.15, -0.1) is 0 Å². The first kappa shape index (κ1) is 9.25. The molecular weight excluding hydrogens is 176 g/mol. The quantitative estimate of drug-likeness (QED) is 0.680. The number of hydrogen-bond donors (Lipinski definition) is 0. The second-order valence-electron chi connectivity index (χ2n) is 3.72. The highest BCUT2D eigenvalue weighted by atomic mass is 16.5. The minimum absolute atomic E-state index is 0.497. The first-order valence-electron chi connectivity index (χ1n) is 4.79.